The van der Waals surface area contributed by atoms with Crippen molar-refractivity contribution in [2.75, 3.05) is 5.32 Å². The third-order valence-electron chi connectivity index (χ3n) is 4.55. The second-order valence-corrected chi connectivity index (χ2v) is 8.67. The Morgan fingerprint density at radius 3 is 2.46 bits per heavy atom. The molecule has 0 unspecified atom stereocenters. The van der Waals surface area contributed by atoms with Gasteiger partial charge in [-0.1, -0.05) is 38.1 Å². The Morgan fingerprint density at radius 2 is 1.86 bits per heavy atom. The molecule has 1 N–H and O–H groups in total. The SMILES string of the molecule is CC(C)C(=O)c1ncc(-c2cccc(C3CC3)c2)cc1NC(=O)OC(C)(C)C. The number of Topliss-reactive ketones (excluding diaryl/α,β-unsaturated/α-hetero) is 1. The Hall–Kier alpha value is -2.69. The number of benzene rings is 1. The highest BCUT2D eigenvalue weighted by Gasteiger charge is 2.24. The largest absolute Gasteiger partial charge is 0.444 e. The van der Waals surface area contributed by atoms with Gasteiger partial charge in [0.15, 0.2) is 5.78 Å². The molecule has 1 fully saturated rings. The third kappa shape index (κ3) is 4.97. The van der Waals surface area contributed by atoms with E-state index in [-0.39, 0.29) is 17.4 Å². The monoisotopic (exact) mass is 380 g/mol. The van der Waals surface area contributed by atoms with Crippen molar-refractivity contribution in [3.8, 4) is 11.1 Å². The normalized spacial score (nSPS) is 14.1. The minimum absolute atomic E-state index is 0.121. The number of anilines is 1. The predicted molar refractivity (Wildman–Crippen MR) is 111 cm³/mol. The molecule has 1 aromatic heterocycles. The quantitative estimate of drug-likeness (QED) is 0.664. The second kappa shape index (κ2) is 7.74. The molecule has 1 aromatic carbocycles. The highest BCUT2D eigenvalue weighted by molar-refractivity contribution is 6.03. The Kier molecular flexibility index (Phi) is 5.54. The molecular weight excluding hydrogens is 352 g/mol. The lowest BCUT2D eigenvalue weighted by molar-refractivity contribution is 0.0636. The van der Waals surface area contributed by atoms with Crippen LogP contribution in [0.5, 0.6) is 0 Å². The maximum Gasteiger partial charge on any atom is 0.412 e. The summed E-state index contributed by atoms with van der Waals surface area (Å²) in [5, 5.41) is 2.72. The minimum atomic E-state index is -0.629. The van der Waals surface area contributed by atoms with E-state index in [4.69, 9.17) is 4.74 Å². The number of ether oxygens (including phenoxy) is 1. The van der Waals surface area contributed by atoms with Gasteiger partial charge in [0.1, 0.15) is 11.3 Å². The first kappa shape index (κ1) is 20.1. The van der Waals surface area contributed by atoms with E-state index in [1.165, 1.54) is 18.4 Å². The number of carbonyl (C=O) groups is 2. The number of pyridine rings is 1. The summed E-state index contributed by atoms with van der Waals surface area (Å²) >= 11 is 0. The van der Waals surface area contributed by atoms with Gasteiger partial charge in [-0.25, -0.2) is 4.79 Å². The first-order valence-corrected chi connectivity index (χ1v) is 9.78. The smallest absolute Gasteiger partial charge is 0.412 e. The van der Waals surface area contributed by atoms with Crippen LogP contribution in [-0.2, 0) is 4.74 Å². The molecule has 1 amide bonds. The molecule has 28 heavy (non-hydrogen) atoms. The lowest BCUT2D eigenvalue weighted by Crippen LogP contribution is -2.28. The molecule has 0 radical (unpaired) electrons. The van der Waals surface area contributed by atoms with Crippen molar-refractivity contribution in [2.45, 2.75) is 59.0 Å². The molecule has 5 nitrogen and oxygen atoms in total. The number of hydrogen-bond donors (Lipinski definition) is 1. The van der Waals surface area contributed by atoms with E-state index in [1.54, 1.807) is 33.0 Å². The van der Waals surface area contributed by atoms with Crippen molar-refractivity contribution in [3.05, 3.63) is 47.8 Å². The topological polar surface area (TPSA) is 68.3 Å². The van der Waals surface area contributed by atoms with Crippen molar-refractivity contribution in [2.24, 2.45) is 5.92 Å². The van der Waals surface area contributed by atoms with E-state index in [1.807, 2.05) is 26.0 Å². The van der Waals surface area contributed by atoms with Crippen LogP contribution in [0.2, 0.25) is 0 Å². The van der Waals surface area contributed by atoms with Crippen LogP contribution < -0.4 is 5.32 Å². The average molecular weight is 380 g/mol. The molecule has 1 heterocycles. The van der Waals surface area contributed by atoms with Crippen molar-refractivity contribution >= 4 is 17.6 Å². The van der Waals surface area contributed by atoms with Crippen LogP contribution in [0.1, 0.15) is 69.4 Å². The molecule has 0 atom stereocenters. The summed E-state index contributed by atoms with van der Waals surface area (Å²) in [7, 11) is 0. The predicted octanol–water partition coefficient (Wildman–Crippen LogP) is 5.81. The number of nitrogens with zero attached hydrogens (tertiary/aromatic N) is 1. The van der Waals surface area contributed by atoms with Crippen LogP contribution in [0, 0.1) is 5.92 Å². The van der Waals surface area contributed by atoms with Crippen LogP contribution in [-0.4, -0.2) is 22.5 Å². The van der Waals surface area contributed by atoms with Gasteiger partial charge in [-0.05, 0) is 56.7 Å². The van der Waals surface area contributed by atoms with Gasteiger partial charge in [-0.15, -0.1) is 0 Å². The summed E-state index contributed by atoms with van der Waals surface area (Å²) < 4.78 is 5.35. The first-order valence-electron chi connectivity index (χ1n) is 9.78. The van der Waals surface area contributed by atoms with Crippen molar-refractivity contribution in [3.63, 3.8) is 0 Å². The highest BCUT2D eigenvalue weighted by atomic mass is 16.6. The first-order chi connectivity index (χ1) is 13.1. The fourth-order valence-electron chi connectivity index (χ4n) is 2.99. The van der Waals surface area contributed by atoms with Crippen LogP contribution in [0.4, 0.5) is 10.5 Å². The van der Waals surface area contributed by atoms with Gasteiger partial charge in [0.25, 0.3) is 0 Å². The molecule has 5 heteroatoms. The Bertz CT molecular complexity index is 893. The zero-order chi connectivity index (χ0) is 20.5. The van der Waals surface area contributed by atoms with Gasteiger partial charge in [0, 0.05) is 17.7 Å². The zero-order valence-corrected chi connectivity index (χ0v) is 17.2. The molecule has 3 rings (SSSR count). The standard InChI is InChI=1S/C23H28N2O3/c1-14(2)21(26)20-19(25-22(27)28-23(3,4)5)12-18(13-24-20)17-8-6-7-16(11-17)15-9-10-15/h6-8,11-15H,9-10H2,1-5H3,(H,25,27). The molecule has 0 spiro atoms. The maximum absolute atomic E-state index is 12.6. The molecule has 1 aliphatic rings. The van der Waals surface area contributed by atoms with Crippen LogP contribution in [0.3, 0.4) is 0 Å². The van der Waals surface area contributed by atoms with Gasteiger partial charge in [0.2, 0.25) is 0 Å². The lowest BCUT2D eigenvalue weighted by atomic mass is 9.99. The van der Waals surface area contributed by atoms with Crippen LogP contribution in [0.15, 0.2) is 36.5 Å². The fraction of sp³-hybridized carbons (Fsp3) is 0.435. The van der Waals surface area contributed by atoms with Crippen LogP contribution >= 0.6 is 0 Å². The maximum atomic E-state index is 12.6. The molecule has 1 saturated carbocycles. The molecule has 0 aliphatic heterocycles. The molecule has 0 saturated heterocycles. The minimum Gasteiger partial charge on any atom is -0.444 e. The number of carbonyl (C=O) groups excluding carboxylic acids is 2. The molecular formula is C23H28N2O3. The Morgan fingerprint density at radius 1 is 1.14 bits per heavy atom. The second-order valence-electron chi connectivity index (χ2n) is 8.67. The summed E-state index contributed by atoms with van der Waals surface area (Å²) in [4.78, 5) is 29.3. The summed E-state index contributed by atoms with van der Waals surface area (Å²) in [6, 6.07) is 10.2. The van der Waals surface area contributed by atoms with E-state index in [2.05, 4.69) is 22.4 Å². The summed E-state index contributed by atoms with van der Waals surface area (Å²) in [5.41, 5.74) is 3.20. The Labute approximate surface area is 166 Å². The Balaban J connectivity index is 1.96. The van der Waals surface area contributed by atoms with Gasteiger partial charge in [-0.2, -0.15) is 0 Å². The number of nitrogens with one attached hydrogen (secondary N) is 1. The van der Waals surface area contributed by atoms with Crippen molar-refractivity contribution in [1.82, 2.24) is 4.98 Å². The highest BCUT2D eigenvalue weighted by Crippen LogP contribution is 2.41. The van der Waals surface area contributed by atoms with Crippen molar-refractivity contribution < 1.29 is 14.3 Å². The van der Waals surface area contributed by atoms with Gasteiger partial charge >= 0.3 is 6.09 Å². The summed E-state index contributed by atoms with van der Waals surface area (Å²) in [6.45, 7) is 9.02. The summed E-state index contributed by atoms with van der Waals surface area (Å²) in [5.74, 6) is 0.300. The van der Waals surface area contributed by atoms with E-state index >= 15 is 0 Å². The molecule has 148 valence electrons. The number of rotatable bonds is 5. The van der Waals surface area contributed by atoms with E-state index in [0.29, 0.717) is 11.6 Å². The molecule has 0 bridgehead atoms. The molecule has 1 aliphatic carbocycles. The molecule has 2 aromatic rings. The van der Waals surface area contributed by atoms with Crippen molar-refractivity contribution in [1.29, 1.82) is 0 Å². The lowest BCUT2D eigenvalue weighted by Gasteiger charge is -2.20. The van der Waals surface area contributed by atoms with Gasteiger partial charge in [0.05, 0.1) is 5.69 Å². The van der Waals surface area contributed by atoms with E-state index in [0.717, 1.165) is 11.1 Å². The summed E-state index contributed by atoms with van der Waals surface area (Å²) in [6.07, 6.45) is 3.56. The van der Waals surface area contributed by atoms with E-state index < -0.39 is 11.7 Å². The van der Waals surface area contributed by atoms with E-state index in [9.17, 15) is 9.59 Å². The zero-order valence-electron chi connectivity index (χ0n) is 17.2. The van der Waals surface area contributed by atoms with Gasteiger partial charge < -0.3 is 4.74 Å². The number of hydrogen-bond acceptors (Lipinski definition) is 4. The van der Waals surface area contributed by atoms with Crippen LogP contribution in [0.25, 0.3) is 11.1 Å². The fourth-order valence-corrected chi connectivity index (χ4v) is 2.99. The number of ketones is 1. The third-order valence-corrected chi connectivity index (χ3v) is 4.55. The number of amides is 1. The number of aromatic nitrogens is 1. The average Bonchev–Trinajstić information content (AvgIpc) is 3.44. The van der Waals surface area contributed by atoms with Gasteiger partial charge in [-0.3, -0.25) is 15.1 Å².